The van der Waals surface area contributed by atoms with Crippen LogP contribution in [0.3, 0.4) is 0 Å². The Morgan fingerprint density at radius 3 is 1.84 bits per heavy atom. The minimum atomic E-state index is -0.404. The molecule has 2 rings (SSSR count). The maximum Gasteiger partial charge on any atom is 0.333 e. The van der Waals surface area contributed by atoms with E-state index in [9.17, 15) is 4.79 Å². The normalized spacial score (nSPS) is 11.1. The topological polar surface area (TPSA) is 69.5 Å². The third-order valence-electron chi connectivity index (χ3n) is 6.03. The molecule has 0 spiro atoms. The first kappa shape index (κ1) is 31.7. The summed E-state index contributed by atoms with van der Waals surface area (Å²) in [5.74, 6) is 0.329. The van der Waals surface area contributed by atoms with Crippen molar-refractivity contribution in [3.63, 3.8) is 0 Å². The number of benzene rings is 2. The number of hydrogen-bond acceptors (Lipinski definition) is 6. The molecule has 0 aliphatic rings. The van der Waals surface area contributed by atoms with Crippen LogP contribution < -0.4 is 4.74 Å². The molecule has 2 aromatic rings. The lowest BCUT2D eigenvalue weighted by atomic mass is 10.0. The van der Waals surface area contributed by atoms with Crippen molar-refractivity contribution in [2.24, 2.45) is 10.2 Å². The molecule has 208 valence electrons. The second-order valence-corrected chi connectivity index (χ2v) is 10.0. The first-order valence-corrected chi connectivity index (χ1v) is 14.7. The number of esters is 1. The maximum absolute atomic E-state index is 11.3. The number of carbonyl (C=O) groups excluding carboxylic acids is 1. The van der Waals surface area contributed by atoms with E-state index in [4.69, 9.17) is 14.2 Å². The van der Waals surface area contributed by atoms with Crippen molar-refractivity contribution in [3.05, 3.63) is 66.2 Å². The highest BCUT2D eigenvalue weighted by atomic mass is 31.0. The van der Waals surface area contributed by atoms with Gasteiger partial charge in [-0.2, -0.15) is 10.2 Å². The summed E-state index contributed by atoms with van der Waals surface area (Å²) in [4.78, 5) is 11.3. The van der Waals surface area contributed by atoms with Crippen LogP contribution >= 0.6 is 9.24 Å². The molecule has 0 fully saturated rings. The fourth-order valence-electron chi connectivity index (χ4n) is 3.80. The summed E-state index contributed by atoms with van der Waals surface area (Å²) in [5.41, 5.74) is 3.35. The second kappa shape index (κ2) is 20.4. The molecular formula is C31H45N2O4P. The van der Waals surface area contributed by atoms with Gasteiger partial charge in [-0.05, 0) is 74.3 Å². The molecule has 2 aromatic carbocycles. The predicted molar refractivity (Wildman–Crippen MR) is 159 cm³/mol. The summed E-state index contributed by atoms with van der Waals surface area (Å²) >= 11 is 0. The highest BCUT2D eigenvalue weighted by Gasteiger charge is 2.02. The summed E-state index contributed by atoms with van der Waals surface area (Å²) in [5, 5.41) is 8.68. The number of rotatable bonds is 21. The predicted octanol–water partition coefficient (Wildman–Crippen LogP) is 8.55. The molecule has 0 saturated carbocycles. The molecule has 0 aliphatic carbocycles. The Kier molecular flexibility index (Phi) is 17.0. The van der Waals surface area contributed by atoms with Crippen molar-refractivity contribution in [3.8, 4) is 5.75 Å². The van der Waals surface area contributed by atoms with Crippen LogP contribution in [0, 0.1) is 0 Å². The van der Waals surface area contributed by atoms with Gasteiger partial charge in [-0.1, -0.05) is 63.7 Å². The quantitative estimate of drug-likeness (QED) is 0.0523. The van der Waals surface area contributed by atoms with Crippen molar-refractivity contribution >= 4 is 26.6 Å². The number of aryl methyl sites for hydroxylation is 1. The van der Waals surface area contributed by atoms with Crippen molar-refractivity contribution in [2.75, 3.05) is 32.6 Å². The Hall–Kier alpha value is -2.56. The summed E-state index contributed by atoms with van der Waals surface area (Å²) in [7, 11) is 2.82. The molecule has 0 aliphatic heterocycles. The zero-order valence-corrected chi connectivity index (χ0v) is 24.2. The van der Waals surface area contributed by atoms with Gasteiger partial charge < -0.3 is 14.2 Å². The average molecular weight is 541 g/mol. The number of azo groups is 1. The van der Waals surface area contributed by atoms with Crippen molar-refractivity contribution in [1.82, 2.24) is 0 Å². The zero-order valence-electron chi connectivity index (χ0n) is 23.0. The number of unbranched alkanes of at least 4 members (excludes halogenated alkanes) is 8. The van der Waals surface area contributed by atoms with Gasteiger partial charge in [0.2, 0.25) is 0 Å². The van der Waals surface area contributed by atoms with Crippen LogP contribution in [-0.2, 0) is 20.7 Å². The molecule has 0 heterocycles. The highest BCUT2D eigenvalue weighted by molar-refractivity contribution is 7.16. The third-order valence-corrected chi connectivity index (χ3v) is 6.44. The van der Waals surface area contributed by atoms with Gasteiger partial charge in [-0.25, -0.2) is 4.79 Å². The first-order valence-electron chi connectivity index (χ1n) is 13.9. The van der Waals surface area contributed by atoms with E-state index >= 15 is 0 Å². The summed E-state index contributed by atoms with van der Waals surface area (Å²) < 4.78 is 16.0. The summed E-state index contributed by atoms with van der Waals surface area (Å²) in [6.07, 6.45) is 14.6. The molecule has 7 heteroatoms. The fourth-order valence-corrected chi connectivity index (χ4v) is 4.09. The van der Waals surface area contributed by atoms with Crippen LogP contribution in [0.5, 0.6) is 5.75 Å². The van der Waals surface area contributed by atoms with Crippen LogP contribution in [0.15, 0.2) is 70.9 Å². The molecule has 0 aromatic heterocycles. The largest absolute Gasteiger partial charge is 0.491 e. The van der Waals surface area contributed by atoms with Crippen molar-refractivity contribution in [1.29, 1.82) is 0 Å². The minimum absolute atomic E-state index is 0.201. The fraction of sp³-hybridized carbons (Fsp3) is 0.516. The number of nitrogens with zero attached hydrogens (tertiary/aromatic N) is 2. The van der Waals surface area contributed by atoms with E-state index in [-0.39, 0.29) is 6.61 Å². The van der Waals surface area contributed by atoms with E-state index in [0.717, 1.165) is 23.5 Å². The molecule has 38 heavy (non-hydrogen) atoms. The second-order valence-electron chi connectivity index (χ2n) is 9.46. The summed E-state index contributed by atoms with van der Waals surface area (Å²) in [6, 6.07) is 15.8. The lowest BCUT2D eigenvalue weighted by Gasteiger charge is -2.08. The number of carbonyl (C=O) groups is 1. The van der Waals surface area contributed by atoms with E-state index in [0.29, 0.717) is 25.4 Å². The first-order chi connectivity index (χ1) is 18.6. The van der Waals surface area contributed by atoms with Gasteiger partial charge >= 0.3 is 5.97 Å². The maximum atomic E-state index is 11.3. The SMILES string of the molecule is C=C(C)C(=O)OCCOCCOc1ccc(N=Nc2ccc(CCCCCCCCCCCP)cc2)cc1. The van der Waals surface area contributed by atoms with E-state index in [1.165, 1.54) is 69.5 Å². The average Bonchev–Trinajstić information content (AvgIpc) is 2.93. The Bertz CT molecular complexity index is 945. The highest BCUT2D eigenvalue weighted by Crippen LogP contribution is 2.22. The van der Waals surface area contributed by atoms with Crippen LogP contribution in [0.1, 0.15) is 70.3 Å². The van der Waals surface area contributed by atoms with E-state index < -0.39 is 5.97 Å². The Morgan fingerprint density at radius 1 is 0.737 bits per heavy atom. The minimum Gasteiger partial charge on any atom is -0.491 e. The number of hydrogen-bond donors (Lipinski definition) is 0. The van der Waals surface area contributed by atoms with Crippen LogP contribution in [-0.4, -0.2) is 38.6 Å². The molecule has 6 nitrogen and oxygen atoms in total. The monoisotopic (exact) mass is 540 g/mol. The van der Waals surface area contributed by atoms with Gasteiger partial charge in [-0.15, -0.1) is 9.24 Å². The van der Waals surface area contributed by atoms with Gasteiger partial charge in [0.1, 0.15) is 19.0 Å². The van der Waals surface area contributed by atoms with Gasteiger partial charge in [0.15, 0.2) is 0 Å². The van der Waals surface area contributed by atoms with E-state index in [1.54, 1.807) is 6.92 Å². The Labute approximate surface area is 231 Å². The van der Waals surface area contributed by atoms with Crippen molar-refractivity contribution < 1.29 is 19.0 Å². The van der Waals surface area contributed by atoms with Crippen LogP contribution in [0.25, 0.3) is 0 Å². The van der Waals surface area contributed by atoms with E-state index in [2.05, 4.69) is 38.2 Å². The summed E-state index contributed by atoms with van der Waals surface area (Å²) in [6.45, 7) is 6.47. The zero-order chi connectivity index (χ0) is 27.3. The number of ether oxygens (including phenoxy) is 3. The Balaban J connectivity index is 1.56. The van der Waals surface area contributed by atoms with Gasteiger partial charge in [-0.3, -0.25) is 0 Å². The van der Waals surface area contributed by atoms with Gasteiger partial charge in [0, 0.05) is 5.57 Å². The lowest BCUT2D eigenvalue weighted by molar-refractivity contribution is -0.140. The smallest absolute Gasteiger partial charge is 0.333 e. The molecule has 0 N–H and O–H groups in total. The third kappa shape index (κ3) is 15.0. The van der Waals surface area contributed by atoms with E-state index in [1.807, 2.05) is 36.4 Å². The van der Waals surface area contributed by atoms with Gasteiger partial charge in [0.05, 0.1) is 24.6 Å². The standard InChI is InChI=1S/C31H45N2O4P/c1-26(2)31(34)37-24-22-35-21-23-36-30-19-17-29(18-20-30)33-32-28-15-13-27(14-16-28)12-10-8-6-4-3-5-7-9-11-25-38/h13-20H,1,3-12,21-25,38H2,2H3. The van der Waals surface area contributed by atoms with Crippen LogP contribution in [0.2, 0.25) is 0 Å². The molecule has 0 radical (unpaired) electrons. The molecule has 0 bridgehead atoms. The molecular weight excluding hydrogens is 495 g/mol. The van der Waals surface area contributed by atoms with Crippen LogP contribution in [0.4, 0.5) is 11.4 Å². The lowest BCUT2D eigenvalue weighted by Crippen LogP contribution is -2.13. The molecule has 1 atom stereocenters. The van der Waals surface area contributed by atoms with Gasteiger partial charge in [0.25, 0.3) is 0 Å². The molecule has 0 amide bonds. The van der Waals surface area contributed by atoms with Crippen molar-refractivity contribution in [2.45, 2.75) is 71.1 Å². The Morgan fingerprint density at radius 2 is 1.26 bits per heavy atom. The molecule has 0 saturated heterocycles. The molecule has 1 unspecified atom stereocenters.